The van der Waals surface area contributed by atoms with Crippen LogP contribution in [0.2, 0.25) is 0 Å². The van der Waals surface area contributed by atoms with Crippen molar-refractivity contribution in [2.45, 2.75) is 49.7 Å². The molecule has 3 atom stereocenters. The van der Waals surface area contributed by atoms with Crippen molar-refractivity contribution in [3.8, 4) is 0 Å². The fourth-order valence-corrected chi connectivity index (χ4v) is 4.41. The quantitative estimate of drug-likeness (QED) is 0.804. The highest BCUT2D eigenvalue weighted by Gasteiger charge is 2.50. The summed E-state index contributed by atoms with van der Waals surface area (Å²) in [6.07, 6.45) is 6.71. The van der Waals surface area contributed by atoms with Gasteiger partial charge in [-0.05, 0) is 45.1 Å². The summed E-state index contributed by atoms with van der Waals surface area (Å²) in [5.41, 5.74) is 6.33. The molecule has 0 aromatic rings. The summed E-state index contributed by atoms with van der Waals surface area (Å²) in [6.45, 7) is 3.93. The van der Waals surface area contributed by atoms with E-state index in [1.807, 2.05) is 7.11 Å². The lowest BCUT2D eigenvalue weighted by Crippen LogP contribution is -2.60. The molecule has 0 aromatic carbocycles. The van der Waals surface area contributed by atoms with Gasteiger partial charge in [-0.25, -0.2) is 0 Å². The van der Waals surface area contributed by atoms with E-state index in [-0.39, 0.29) is 5.54 Å². The minimum atomic E-state index is 0.111. The SMILES string of the molecule is COCC(CN)(C1CC1)N1CCC2CCC(C1)N2C. The largest absolute Gasteiger partial charge is 0.383 e. The number of likely N-dealkylation sites (tertiary alicyclic amines) is 1. The van der Waals surface area contributed by atoms with E-state index < -0.39 is 0 Å². The van der Waals surface area contributed by atoms with Crippen LogP contribution in [0, 0.1) is 5.92 Å². The lowest BCUT2D eigenvalue weighted by Gasteiger charge is -2.44. The standard InChI is InChI=1S/C15H29N3O/c1-17-13-5-6-14(17)9-18(8-7-13)15(10-16,11-19-2)12-3-4-12/h12-14H,3-11,16H2,1-2H3. The number of nitrogens with zero attached hydrogens (tertiary/aromatic N) is 2. The Morgan fingerprint density at radius 1 is 1.16 bits per heavy atom. The first kappa shape index (κ1) is 13.8. The Morgan fingerprint density at radius 3 is 2.53 bits per heavy atom. The zero-order valence-electron chi connectivity index (χ0n) is 12.5. The number of fused-ring (bicyclic) bond motifs is 2. The van der Waals surface area contributed by atoms with Gasteiger partial charge in [0.05, 0.1) is 12.1 Å². The molecule has 3 rings (SSSR count). The summed E-state index contributed by atoms with van der Waals surface area (Å²) in [5.74, 6) is 0.763. The Balaban J connectivity index is 1.78. The number of hydrogen-bond donors (Lipinski definition) is 1. The molecule has 4 heteroatoms. The molecule has 2 saturated heterocycles. The highest BCUT2D eigenvalue weighted by atomic mass is 16.5. The summed E-state index contributed by atoms with van der Waals surface area (Å²) in [7, 11) is 4.13. The first-order valence-corrected chi connectivity index (χ1v) is 7.87. The second kappa shape index (κ2) is 5.32. The Morgan fingerprint density at radius 2 is 1.89 bits per heavy atom. The van der Waals surface area contributed by atoms with E-state index in [4.69, 9.17) is 10.5 Å². The van der Waals surface area contributed by atoms with Crippen molar-refractivity contribution in [2.24, 2.45) is 11.7 Å². The third-order valence-electron chi connectivity index (χ3n) is 5.86. The summed E-state index contributed by atoms with van der Waals surface area (Å²) >= 11 is 0. The molecule has 4 nitrogen and oxygen atoms in total. The number of ether oxygens (including phenoxy) is 1. The van der Waals surface area contributed by atoms with Crippen LogP contribution in [0.3, 0.4) is 0 Å². The zero-order chi connectivity index (χ0) is 13.5. The summed E-state index contributed by atoms with van der Waals surface area (Å²) in [4.78, 5) is 5.30. The van der Waals surface area contributed by atoms with E-state index in [2.05, 4.69) is 16.8 Å². The van der Waals surface area contributed by atoms with Crippen molar-refractivity contribution in [2.75, 3.05) is 40.4 Å². The van der Waals surface area contributed by atoms with Gasteiger partial charge in [-0.1, -0.05) is 0 Å². The average Bonchev–Trinajstić information content (AvgIpc) is 3.17. The zero-order valence-corrected chi connectivity index (χ0v) is 12.5. The number of methoxy groups -OCH3 is 1. The van der Waals surface area contributed by atoms with E-state index in [0.29, 0.717) is 0 Å². The maximum Gasteiger partial charge on any atom is 0.0661 e. The number of hydrogen-bond acceptors (Lipinski definition) is 4. The number of nitrogens with two attached hydrogens (primary N) is 1. The monoisotopic (exact) mass is 267 g/mol. The number of likely N-dealkylation sites (N-methyl/N-ethyl adjacent to an activating group) is 1. The average molecular weight is 267 g/mol. The van der Waals surface area contributed by atoms with Gasteiger partial charge in [-0.3, -0.25) is 9.80 Å². The fraction of sp³-hybridized carbons (Fsp3) is 1.00. The molecule has 3 fully saturated rings. The third-order valence-corrected chi connectivity index (χ3v) is 5.86. The molecule has 2 heterocycles. The van der Waals surface area contributed by atoms with Gasteiger partial charge < -0.3 is 10.5 Å². The van der Waals surface area contributed by atoms with E-state index in [9.17, 15) is 0 Å². The molecule has 0 spiro atoms. The van der Waals surface area contributed by atoms with Gasteiger partial charge in [0, 0.05) is 38.8 Å². The molecule has 2 bridgehead atoms. The van der Waals surface area contributed by atoms with Crippen LogP contribution in [0.15, 0.2) is 0 Å². The van der Waals surface area contributed by atoms with Crippen molar-refractivity contribution in [3.05, 3.63) is 0 Å². The summed E-state index contributed by atoms with van der Waals surface area (Å²) < 4.78 is 5.57. The van der Waals surface area contributed by atoms with Crippen LogP contribution in [0.4, 0.5) is 0 Å². The fourth-order valence-electron chi connectivity index (χ4n) is 4.41. The van der Waals surface area contributed by atoms with Crippen LogP contribution < -0.4 is 5.73 Å². The van der Waals surface area contributed by atoms with E-state index in [1.54, 1.807) is 0 Å². The molecule has 3 aliphatic rings. The minimum Gasteiger partial charge on any atom is -0.383 e. The van der Waals surface area contributed by atoms with Gasteiger partial charge in [0.25, 0.3) is 0 Å². The van der Waals surface area contributed by atoms with Crippen LogP contribution in [0.5, 0.6) is 0 Å². The maximum atomic E-state index is 6.21. The molecule has 3 unspecified atom stereocenters. The Labute approximate surface area is 117 Å². The molecule has 2 aliphatic heterocycles. The van der Waals surface area contributed by atoms with Gasteiger partial charge in [-0.2, -0.15) is 0 Å². The predicted octanol–water partition coefficient (Wildman–Crippen LogP) is 0.909. The Bertz CT molecular complexity index is 321. The second-order valence-electron chi connectivity index (χ2n) is 6.80. The first-order chi connectivity index (χ1) is 9.21. The molecule has 19 heavy (non-hydrogen) atoms. The van der Waals surface area contributed by atoms with Crippen molar-refractivity contribution in [1.29, 1.82) is 0 Å². The third kappa shape index (κ3) is 2.33. The molecule has 0 aromatic heterocycles. The van der Waals surface area contributed by atoms with Crippen molar-refractivity contribution >= 4 is 0 Å². The molecule has 0 amide bonds. The van der Waals surface area contributed by atoms with Gasteiger partial charge in [0.1, 0.15) is 0 Å². The van der Waals surface area contributed by atoms with Gasteiger partial charge >= 0.3 is 0 Å². The second-order valence-corrected chi connectivity index (χ2v) is 6.80. The lowest BCUT2D eigenvalue weighted by atomic mass is 9.90. The summed E-state index contributed by atoms with van der Waals surface area (Å²) in [6, 6.07) is 1.53. The lowest BCUT2D eigenvalue weighted by molar-refractivity contribution is -0.00525. The number of rotatable bonds is 5. The van der Waals surface area contributed by atoms with Crippen LogP contribution >= 0.6 is 0 Å². The highest BCUT2D eigenvalue weighted by Crippen LogP contribution is 2.44. The van der Waals surface area contributed by atoms with Crippen molar-refractivity contribution in [3.63, 3.8) is 0 Å². The molecular weight excluding hydrogens is 238 g/mol. The van der Waals surface area contributed by atoms with Crippen LogP contribution in [0.1, 0.15) is 32.1 Å². The molecule has 0 radical (unpaired) electrons. The predicted molar refractivity (Wildman–Crippen MR) is 77.1 cm³/mol. The molecule has 110 valence electrons. The smallest absolute Gasteiger partial charge is 0.0661 e. The van der Waals surface area contributed by atoms with Gasteiger partial charge in [0.15, 0.2) is 0 Å². The van der Waals surface area contributed by atoms with Gasteiger partial charge in [-0.15, -0.1) is 0 Å². The van der Waals surface area contributed by atoms with Crippen LogP contribution in [0.25, 0.3) is 0 Å². The molecular formula is C15H29N3O. The Hall–Kier alpha value is -0.160. The normalized spacial score (nSPS) is 36.2. The summed E-state index contributed by atoms with van der Waals surface area (Å²) in [5, 5.41) is 0. The van der Waals surface area contributed by atoms with E-state index in [1.165, 1.54) is 45.2 Å². The van der Waals surface area contributed by atoms with Crippen molar-refractivity contribution in [1.82, 2.24) is 9.80 Å². The van der Waals surface area contributed by atoms with Crippen LogP contribution in [-0.2, 0) is 4.74 Å². The topological polar surface area (TPSA) is 41.7 Å². The van der Waals surface area contributed by atoms with E-state index in [0.717, 1.165) is 31.2 Å². The van der Waals surface area contributed by atoms with Gasteiger partial charge in [0.2, 0.25) is 0 Å². The highest BCUT2D eigenvalue weighted by molar-refractivity contribution is 5.06. The van der Waals surface area contributed by atoms with Crippen LogP contribution in [-0.4, -0.2) is 67.8 Å². The van der Waals surface area contributed by atoms with Crippen molar-refractivity contribution < 1.29 is 4.74 Å². The van der Waals surface area contributed by atoms with E-state index >= 15 is 0 Å². The first-order valence-electron chi connectivity index (χ1n) is 7.87. The molecule has 2 N–H and O–H groups in total. The Kier molecular flexibility index (Phi) is 3.87. The minimum absolute atomic E-state index is 0.111. The maximum absolute atomic E-state index is 6.21. The molecule has 1 aliphatic carbocycles. The molecule has 1 saturated carbocycles.